The second-order valence-corrected chi connectivity index (χ2v) is 4.68. The van der Waals surface area contributed by atoms with Crippen molar-refractivity contribution >= 4 is 0 Å². The van der Waals surface area contributed by atoms with Crippen LogP contribution in [0.15, 0.2) is 30.3 Å². The van der Waals surface area contributed by atoms with Crippen LogP contribution >= 0.6 is 0 Å². The quantitative estimate of drug-likeness (QED) is 0.892. The minimum absolute atomic E-state index is 0.333. The lowest BCUT2D eigenvalue weighted by molar-refractivity contribution is 0.102. The molecule has 0 aliphatic carbocycles. The Kier molecular flexibility index (Phi) is 3.86. The summed E-state index contributed by atoms with van der Waals surface area (Å²) in [4.78, 5) is 4.45. The predicted molar refractivity (Wildman–Crippen MR) is 69.5 cm³/mol. The number of ether oxygens (including phenoxy) is 2. The lowest BCUT2D eigenvalue weighted by atomic mass is 10.1. The highest BCUT2D eigenvalue weighted by Crippen LogP contribution is 2.21. The van der Waals surface area contributed by atoms with Gasteiger partial charge in [-0.25, -0.2) is 4.98 Å². The molecule has 0 spiro atoms. The Bertz CT molecular complexity index is 506. The molecule has 2 aromatic rings. The van der Waals surface area contributed by atoms with E-state index >= 15 is 0 Å². The van der Waals surface area contributed by atoms with Gasteiger partial charge in [-0.05, 0) is 12.0 Å². The second-order valence-electron chi connectivity index (χ2n) is 4.68. The summed E-state index contributed by atoms with van der Waals surface area (Å²) in [5.41, 5.74) is 1.16. The second kappa shape index (κ2) is 5.95. The first-order valence-electron chi connectivity index (χ1n) is 6.52. The maximum absolute atomic E-state index is 5.62. The van der Waals surface area contributed by atoms with Crippen LogP contribution in [0.4, 0.5) is 0 Å². The molecule has 0 bridgehead atoms. The molecule has 19 heavy (non-hydrogen) atoms. The van der Waals surface area contributed by atoms with Gasteiger partial charge >= 0.3 is 0 Å². The summed E-state index contributed by atoms with van der Waals surface area (Å²) >= 11 is 0. The smallest absolute Gasteiger partial charge is 0.156 e. The van der Waals surface area contributed by atoms with Gasteiger partial charge in [0.05, 0.1) is 13.2 Å². The molecule has 0 amide bonds. The Morgan fingerprint density at radius 1 is 1.26 bits per heavy atom. The number of rotatable bonds is 5. The number of H-pyrrole nitrogens is 1. The summed E-state index contributed by atoms with van der Waals surface area (Å²) in [7, 11) is 0. The third-order valence-electron chi connectivity index (χ3n) is 3.19. The van der Waals surface area contributed by atoms with Crippen LogP contribution in [0, 0.1) is 0 Å². The van der Waals surface area contributed by atoms with E-state index in [1.807, 2.05) is 30.3 Å². The van der Waals surface area contributed by atoms with Crippen molar-refractivity contribution in [3.05, 3.63) is 47.5 Å². The van der Waals surface area contributed by atoms with Crippen molar-refractivity contribution in [3.8, 4) is 0 Å². The van der Waals surface area contributed by atoms with Crippen LogP contribution in [-0.4, -0.2) is 28.4 Å². The summed E-state index contributed by atoms with van der Waals surface area (Å²) in [6.45, 7) is 2.57. The fraction of sp³-hybridized carbons (Fsp3) is 0.429. The highest BCUT2D eigenvalue weighted by Gasteiger charge is 2.21. The van der Waals surface area contributed by atoms with Crippen LogP contribution in [0.2, 0.25) is 0 Å². The average Bonchev–Trinajstić information content (AvgIpc) is 3.10. The number of benzene rings is 1. The van der Waals surface area contributed by atoms with E-state index in [-0.39, 0.29) is 0 Å². The summed E-state index contributed by atoms with van der Waals surface area (Å²) in [5.74, 6) is 1.95. The van der Waals surface area contributed by atoms with E-state index in [9.17, 15) is 0 Å². The summed E-state index contributed by atoms with van der Waals surface area (Å²) < 4.78 is 11.0. The van der Waals surface area contributed by atoms with E-state index in [1.165, 1.54) is 0 Å². The zero-order chi connectivity index (χ0) is 12.9. The SMILES string of the molecule is c1ccc(COCc2nc(C3CCOC3)n[nH]2)cc1. The number of nitrogens with one attached hydrogen (secondary N) is 1. The average molecular weight is 259 g/mol. The molecular formula is C14H17N3O2. The lowest BCUT2D eigenvalue weighted by Crippen LogP contribution is -2.00. The normalized spacial score (nSPS) is 18.8. The van der Waals surface area contributed by atoms with Gasteiger partial charge < -0.3 is 9.47 Å². The van der Waals surface area contributed by atoms with Crippen molar-refractivity contribution in [1.29, 1.82) is 0 Å². The molecule has 1 aliphatic heterocycles. The molecule has 5 heteroatoms. The van der Waals surface area contributed by atoms with Gasteiger partial charge in [0.15, 0.2) is 11.6 Å². The molecule has 1 aromatic heterocycles. The maximum atomic E-state index is 5.62. The first-order chi connectivity index (χ1) is 9.42. The van der Waals surface area contributed by atoms with Gasteiger partial charge in [0.2, 0.25) is 0 Å². The first kappa shape index (κ1) is 12.3. The Labute approximate surface area is 112 Å². The lowest BCUT2D eigenvalue weighted by Gasteiger charge is -2.02. The third-order valence-corrected chi connectivity index (χ3v) is 3.19. The highest BCUT2D eigenvalue weighted by atomic mass is 16.5. The Hall–Kier alpha value is -1.72. The number of aromatic nitrogens is 3. The molecule has 3 rings (SSSR count). The van der Waals surface area contributed by atoms with Crippen molar-refractivity contribution in [2.45, 2.75) is 25.6 Å². The zero-order valence-electron chi connectivity index (χ0n) is 10.7. The van der Waals surface area contributed by atoms with Gasteiger partial charge in [0.1, 0.15) is 6.61 Å². The minimum atomic E-state index is 0.333. The van der Waals surface area contributed by atoms with Crippen LogP contribution in [0.25, 0.3) is 0 Å². The zero-order valence-corrected chi connectivity index (χ0v) is 10.7. The maximum Gasteiger partial charge on any atom is 0.156 e. The van der Waals surface area contributed by atoms with Crippen molar-refractivity contribution in [1.82, 2.24) is 15.2 Å². The number of aromatic amines is 1. The molecule has 0 radical (unpaired) electrons. The van der Waals surface area contributed by atoms with Crippen LogP contribution in [-0.2, 0) is 22.7 Å². The molecule has 0 saturated carbocycles. The number of hydrogen-bond acceptors (Lipinski definition) is 4. The molecule has 1 fully saturated rings. The van der Waals surface area contributed by atoms with Gasteiger partial charge in [-0.15, -0.1) is 0 Å². The van der Waals surface area contributed by atoms with E-state index in [0.29, 0.717) is 19.1 Å². The van der Waals surface area contributed by atoms with Crippen LogP contribution in [0.1, 0.15) is 29.6 Å². The van der Waals surface area contributed by atoms with Gasteiger partial charge in [-0.2, -0.15) is 5.10 Å². The van der Waals surface area contributed by atoms with Crippen LogP contribution in [0.3, 0.4) is 0 Å². The van der Waals surface area contributed by atoms with Gasteiger partial charge in [0.25, 0.3) is 0 Å². The molecule has 1 saturated heterocycles. The van der Waals surface area contributed by atoms with Crippen molar-refractivity contribution in [2.75, 3.05) is 13.2 Å². The Balaban J connectivity index is 1.50. The Morgan fingerprint density at radius 3 is 2.95 bits per heavy atom. The third kappa shape index (κ3) is 3.19. The molecular weight excluding hydrogens is 242 g/mol. The molecule has 1 aromatic carbocycles. The molecule has 5 nitrogen and oxygen atoms in total. The van der Waals surface area contributed by atoms with Crippen molar-refractivity contribution in [2.24, 2.45) is 0 Å². The van der Waals surface area contributed by atoms with Gasteiger partial charge in [-0.3, -0.25) is 5.10 Å². The standard InChI is InChI=1S/C14H17N3O2/c1-2-4-11(5-3-1)8-19-10-13-15-14(17-16-13)12-6-7-18-9-12/h1-5,12H,6-10H2,(H,15,16,17). The summed E-state index contributed by atoms with van der Waals surface area (Å²) in [6, 6.07) is 10.1. The van der Waals surface area contributed by atoms with E-state index in [1.54, 1.807) is 0 Å². The van der Waals surface area contributed by atoms with Crippen molar-refractivity contribution in [3.63, 3.8) is 0 Å². The largest absolute Gasteiger partial charge is 0.381 e. The highest BCUT2D eigenvalue weighted by molar-refractivity contribution is 5.13. The van der Waals surface area contributed by atoms with Crippen LogP contribution in [0.5, 0.6) is 0 Å². The number of hydrogen-bond donors (Lipinski definition) is 1. The topological polar surface area (TPSA) is 60.0 Å². The fourth-order valence-corrected chi connectivity index (χ4v) is 2.14. The molecule has 1 atom stereocenters. The van der Waals surface area contributed by atoms with Gasteiger partial charge in [-0.1, -0.05) is 30.3 Å². The molecule has 1 aliphatic rings. The molecule has 100 valence electrons. The molecule has 2 heterocycles. The van der Waals surface area contributed by atoms with Crippen LogP contribution < -0.4 is 0 Å². The van der Waals surface area contributed by atoms with E-state index in [2.05, 4.69) is 15.2 Å². The predicted octanol–water partition coefficient (Wildman–Crippen LogP) is 2.03. The molecule has 1 unspecified atom stereocenters. The van der Waals surface area contributed by atoms with E-state index < -0.39 is 0 Å². The number of nitrogens with zero attached hydrogens (tertiary/aromatic N) is 2. The van der Waals surface area contributed by atoms with E-state index in [0.717, 1.165) is 36.8 Å². The van der Waals surface area contributed by atoms with Gasteiger partial charge in [0, 0.05) is 12.5 Å². The summed E-state index contributed by atoms with van der Waals surface area (Å²) in [5, 5.41) is 7.15. The Morgan fingerprint density at radius 2 is 2.16 bits per heavy atom. The monoisotopic (exact) mass is 259 g/mol. The first-order valence-corrected chi connectivity index (χ1v) is 6.52. The molecule has 1 N–H and O–H groups in total. The van der Waals surface area contributed by atoms with Crippen molar-refractivity contribution < 1.29 is 9.47 Å². The fourth-order valence-electron chi connectivity index (χ4n) is 2.14. The minimum Gasteiger partial charge on any atom is -0.381 e. The van der Waals surface area contributed by atoms with E-state index in [4.69, 9.17) is 9.47 Å². The summed E-state index contributed by atoms with van der Waals surface area (Å²) in [6.07, 6.45) is 1.00.